The number of halogens is 1. The summed E-state index contributed by atoms with van der Waals surface area (Å²) < 4.78 is 6.40. The second kappa shape index (κ2) is 3.01. The van der Waals surface area contributed by atoms with Crippen molar-refractivity contribution in [2.45, 2.75) is 19.8 Å². The van der Waals surface area contributed by atoms with Gasteiger partial charge < -0.3 is 4.74 Å². The molecule has 1 aliphatic carbocycles. The highest BCUT2D eigenvalue weighted by Crippen LogP contribution is 2.42. The number of ether oxygens (including phenoxy) is 1. The Morgan fingerprint density at radius 2 is 2.25 bits per heavy atom. The summed E-state index contributed by atoms with van der Waals surface area (Å²) in [6, 6.07) is 0. The van der Waals surface area contributed by atoms with E-state index < -0.39 is 0 Å². The minimum absolute atomic E-state index is 0.0154. The molecule has 1 aliphatic heterocycles. The summed E-state index contributed by atoms with van der Waals surface area (Å²) in [6.45, 7) is 2.76. The third kappa shape index (κ3) is 1.18. The highest BCUT2D eigenvalue weighted by atomic mass is 127. The van der Waals surface area contributed by atoms with Crippen molar-refractivity contribution in [3.63, 3.8) is 0 Å². The Hall–Kier alpha value is -0.0600. The third-order valence-corrected chi connectivity index (χ3v) is 4.48. The highest BCUT2D eigenvalue weighted by Gasteiger charge is 2.40. The van der Waals surface area contributed by atoms with Crippen molar-refractivity contribution in [3.8, 4) is 0 Å². The van der Waals surface area contributed by atoms with E-state index in [0.29, 0.717) is 12.5 Å². The maximum Gasteiger partial charge on any atom is 0.309 e. The summed E-state index contributed by atoms with van der Waals surface area (Å²) in [6.07, 6.45) is 2.05. The van der Waals surface area contributed by atoms with Crippen LogP contribution < -0.4 is 0 Å². The Bertz CT molecular complexity index is 257. The monoisotopic (exact) mass is 278 g/mol. The van der Waals surface area contributed by atoms with Crippen LogP contribution in [0.15, 0.2) is 9.15 Å². The molecule has 1 fully saturated rings. The van der Waals surface area contributed by atoms with Crippen LogP contribution in [0.4, 0.5) is 0 Å². The van der Waals surface area contributed by atoms with E-state index in [9.17, 15) is 4.79 Å². The normalized spacial score (nSPS) is 35.0. The molecule has 0 aromatic rings. The van der Waals surface area contributed by atoms with Crippen molar-refractivity contribution in [2.75, 3.05) is 6.61 Å². The van der Waals surface area contributed by atoms with E-state index >= 15 is 0 Å². The molecule has 2 nitrogen and oxygen atoms in total. The molecule has 0 spiro atoms. The van der Waals surface area contributed by atoms with Crippen LogP contribution in [-0.2, 0) is 9.53 Å². The molecule has 0 aromatic heterocycles. The predicted octanol–water partition coefficient (Wildman–Crippen LogP) is 2.28. The fraction of sp³-hybridized carbons (Fsp3) is 0.667. The molecule has 0 amide bonds. The summed E-state index contributed by atoms with van der Waals surface area (Å²) in [5.41, 5.74) is 1.44. The zero-order valence-electron chi connectivity index (χ0n) is 6.97. The van der Waals surface area contributed by atoms with Crippen LogP contribution in [0.3, 0.4) is 0 Å². The molecule has 3 heteroatoms. The third-order valence-electron chi connectivity index (χ3n) is 2.76. The van der Waals surface area contributed by atoms with Crippen molar-refractivity contribution in [2.24, 2.45) is 11.8 Å². The van der Waals surface area contributed by atoms with Gasteiger partial charge in [-0.3, -0.25) is 4.79 Å². The van der Waals surface area contributed by atoms with E-state index in [0.717, 1.165) is 12.8 Å². The van der Waals surface area contributed by atoms with Gasteiger partial charge in [0.2, 0.25) is 0 Å². The number of allylic oxidation sites excluding steroid dienone is 1. The number of rotatable bonds is 0. The molecule has 0 saturated carbocycles. The second-order valence-electron chi connectivity index (χ2n) is 3.51. The zero-order valence-corrected chi connectivity index (χ0v) is 9.13. The van der Waals surface area contributed by atoms with Gasteiger partial charge >= 0.3 is 5.97 Å². The average molecular weight is 278 g/mol. The Morgan fingerprint density at radius 1 is 1.50 bits per heavy atom. The Balaban J connectivity index is 2.29. The second-order valence-corrected chi connectivity index (χ2v) is 4.67. The molecular formula is C9H11IO2. The maximum absolute atomic E-state index is 11.2. The Kier molecular flexibility index (Phi) is 2.14. The minimum Gasteiger partial charge on any atom is -0.465 e. The molecule has 2 aliphatic rings. The van der Waals surface area contributed by atoms with Crippen molar-refractivity contribution in [3.05, 3.63) is 9.15 Å². The van der Waals surface area contributed by atoms with Gasteiger partial charge in [-0.05, 0) is 45.9 Å². The van der Waals surface area contributed by atoms with Gasteiger partial charge in [0.15, 0.2) is 0 Å². The van der Waals surface area contributed by atoms with Gasteiger partial charge in [0.05, 0.1) is 12.5 Å². The average Bonchev–Trinajstić information content (AvgIpc) is 2.41. The number of carbonyl (C=O) groups excluding carboxylic acids is 1. The number of hydrogen-bond acceptors (Lipinski definition) is 2. The number of fused-ring (bicyclic) bond motifs is 1. The summed E-state index contributed by atoms with van der Waals surface area (Å²) in [5.74, 6) is 0.564. The van der Waals surface area contributed by atoms with Crippen LogP contribution in [0.2, 0.25) is 0 Å². The van der Waals surface area contributed by atoms with Crippen LogP contribution in [0.25, 0.3) is 0 Å². The molecule has 0 N–H and O–H groups in total. The number of carbonyl (C=O) groups is 1. The van der Waals surface area contributed by atoms with Gasteiger partial charge in [-0.25, -0.2) is 0 Å². The van der Waals surface area contributed by atoms with Gasteiger partial charge in [0.1, 0.15) is 0 Å². The van der Waals surface area contributed by atoms with Crippen LogP contribution >= 0.6 is 22.6 Å². The van der Waals surface area contributed by atoms with Crippen molar-refractivity contribution >= 4 is 28.6 Å². The summed E-state index contributed by atoms with van der Waals surface area (Å²) >= 11 is 2.36. The minimum atomic E-state index is 0.0154. The van der Waals surface area contributed by atoms with E-state index in [1.54, 1.807) is 0 Å². The Labute approximate surface area is 85.5 Å². The first-order chi connectivity index (χ1) is 5.70. The lowest BCUT2D eigenvalue weighted by molar-refractivity contribution is -0.141. The Morgan fingerprint density at radius 3 is 3.00 bits per heavy atom. The van der Waals surface area contributed by atoms with Crippen LogP contribution in [0.1, 0.15) is 19.8 Å². The van der Waals surface area contributed by atoms with Crippen molar-refractivity contribution in [1.29, 1.82) is 0 Å². The molecule has 2 atom stereocenters. The van der Waals surface area contributed by atoms with Crippen molar-refractivity contribution in [1.82, 2.24) is 0 Å². The van der Waals surface area contributed by atoms with Gasteiger partial charge in [-0.15, -0.1) is 0 Å². The molecule has 2 rings (SSSR count). The van der Waals surface area contributed by atoms with Gasteiger partial charge in [0, 0.05) is 5.92 Å². The largest absolute Gasteiger partial charge is 0.465 e. The van der Waals surface area contributed by atoms with Crippen molar-refractivity contribution < 1.29 is 9.53 Å². The van der Waals surface area contributed by atoms with Crippen LogP contribution in [0.5, 0.6) is 0 Å². The lowest BCUT2D eigenvalue weighted by Gasteiger charge is -2.22. The topological polar surface area (TPSA) is 26.3 Å². The molecule has 0 radical (unpaired) electrons. The van der Waals surface area contributed by atoms with Gasteiger partial charge in [-0.1, -0.05) is 5.57 Å². The number of cyclic esters (lactones) is 1. The zero-order chi connectivity index (χ0) is 8.72. The van der Waals surface area contributed by atoms with Gasteiger partial charge in [-0.2, -0.15) is 0 Å². The van der Waals surface area contributed by atoms with E-state index in [-0.39, 0.29) is 11.9 Å². The molecular weight excluding hydrogens is 267 g/mol. The number of hydrogen-bond donors (Lipinski definition) is 0. The lowest BCUT2D eigenvalue weighted by Crippen LogP contribution is -2.20. The molecule has 12 heavy (non-hydrogen) atoms. The lowest BCUT2D eigenvalue weighted by atomic mass is 9.83. The standard InChI is InChI=1S/C9H11IO2/c1-5-2-3-6-7(8(5)10)4-12-9(6)11/h6-7H,2-4H2,1H3/t6-,7-/m1/s1. The predicted molar refractivity (Wildman–Crippen MR) is 53.9 cm³/mol. The first-order valence-electron chi connectivity index (χ1n) is 4.22. The maximum atomic E-state index is 11.2. The quantitative estimate of drug-likeness (QED) is 0.502. The number of esters is 1. The first-order valence-corrected chi connectivity index (χ1v) is 5.30. The highest BCUT2D eigenvalue weighted by molar-refractivity contribution is 14.1. The molecule has 0 aromatic carbocycles. The fourth-order valence-corrected chi connectivity index (χ4v) is 2.82. The van der Waals surface area contributed by atoms with E-state index in [1.807, 2.05) is 0 Å². The molecule has 0 bridgehead atoms. The SMILES string of the molecule is CC1=C(I)[C@@H]2COC(=O)[C@@H]2CC1. The summed E-state index contributed by atoms with van der Waals surface area (Å²) in [5, 5.41) is 0. The summed E-state index contributed by atoms with van der Waals surface area (Å²) in [7, 11) is 0. The van der Waals surface area contributed by atoms with E-state index in [1.165, 1.54) is 9.15 Å². The molecule has 1 heterocycles. The smallest absolute Gasteiger partial charge is 0.309 e. The molecule has 0 unspecified atom stereocenters. The van der Waals surface area contributed by atoms with Crippen LogP contribution in [-0.4, -0.2) is 12.6 Å². The van der Waals surface area contributed by atoms with Gasteiger partial charge in [0.25, 0.3) is 0 Å². The van der Waals surface area contributed by atoms with E-state index in [2.05, 4.69) is 29.5 Å². The van der Waals surface area contributed by atoms with E-state index in [4.69, 9.17) is 4.74 Å². The molecule has 66 valence electrons. The molecule has 1 saturated heterocycles. The summed E-state index contributed by atoms with van der Waals surface area (Å²) in [4.78, 5) is 11.2. The van der Waals surface area contributed by atoms with Crippen LogP contribution in [0, 0.1) is 11.8 Å². The fourth-order valence-electron chi connectivity index (χ4n) is 1.94. The first kappa shape index (κ1) is 8.53.